The molecule has 0 spiro atoms. The van der Waals surface area contributed by atoms with E-state index in [1.165, 1.54) is 5.56 Å². The fraction of sp³-hybridized carbons (Fsp3) is 0.300. The van der Waals surface area contributed by atoms with Crippen molar-refractivity contribution in [1.82, 2.24) is 10.2 Å². The Morgan fingerprint density at radius 1 is 1.00 bits per heavy atom. The van der Waals surface area contributed by atoms with Crippen LogP contribution in [0.2, 0.25) is 0 Å². The molecule has 27 heavy (non-hydrogen) atoms. The molecule has 7 heteroatoms. The van der Waals surface area contributed by atoms with Gasteiger partial charge in [-0.25, -0.2) is 8.78 Å². The highest BCUT2D eigenvalue weighted by Gasteiger charge is 2.22. The summed E-state index contributed by atoms with van der Waals surface area (Å²) in [7, 11) is 0. The molecule has 0 aromatic heterocycles. The van der Waals surface area contributed by atoms with Gasteiger partial charge in [0.25, 0.3) is 5.91 Å². The highest BCUT2D eigenvalue weighted by atomic mass is 19.1. The number of aryl methyl sites for hydroxylation is 1. The van der Waals surface area contributed by atoms with Gasteiger partial charge in [0.1, 0.15) is 11.6 Å². The predicted molar refractivity (Wildman–Crippen MR) is 98.7 cm³/mol. The van der Waals surface area contributed by atoms with Gasteiger partial charge in [-0.3, -0.25) is 9.59 Å². The van der Waals surface area contributed by atoms with Crippen molar-refractivity contribution in [3.8, 4) is 0 Å². The second kappa shape index (κ2) is 8.16. The molecule has 0 unspecified atom stereocenters. The second-order valence-corrected chi connectivity index (χ2v) is 6.55. The number of benzene rings is 2. The van der Waals surface area contributed by atoms with Crippen LogP contribution in [-0.4, -0.2) is 49.4 Å². The van der Waals surface area contributed by atoms with Crippen molar-refractivity contribution in [1.29, 1.82) is 0 Å². The fourth-order valence-electron chi connectivity index (χ4n) is 3.09. The normalized spacial score (nSPS) is 14.2. The first-order valence-electron chi connectivity index (χ1n) is 8.76. The van der Waals surface area contributed by atoms with Gasteiger partial charge >= 0.3 is 0 Å². The van der Waals surface area contributed by atoms with Crippen LogP contribution in [0.25, 0.3) is 0 Å². The maximum absolute atomic E-state index is 13.2. The van der Waals surface area contributed by atoms with Crippen molar-refractivity contribution in [3.05, 3.63) is 65.2 Å². The van der Waals surface area contributed by atoms with Gasteiger partial charge in [-0.15, -0.1) is 0 Å². The summed E-state index contributed by atoms with van der Waals surface area (Å²) in [5, 5.41) is 2.42. The van der Waals surface area contributed by atoms with Crippen LogP contribution in [0.4, 0.5) is 14.5 Å². The number of hydrogen-bond acceptors (Lipinski definition) is 3. The number of nitrogens with zero attached hydrogens (tertiary/aromatic N) is 2. The first-order valence-corrected chi connectivity index (χ1v) is 8.76. The molecule has 2 aromatic carbocycles. The predicted octanol–water partition coefficient (Wildman–Crippen LogP) is 2.35. The Morgan fingerprint density at radius 3 is 2.30 bits per heavy atom. The van der Waals surface area contributed by atoms with Crippen molar-refractivity contribution in [2.75, 3.05) is 37.6 Å². The lowest BCUT2D eigenvalue weighted by Gasteiger charge is -2.36. The Hall–Kier alpha value is -2.96. The van der Waals surface area contributed by atoms with Crippen LogP contribution in [0.5, 0.6) is 0 Å². The molecule has 3 rings (SSSR count). The van der Waals surface area contributed by atoms with E-state index in [0.29, 0.717) is 32.2 Å². The topological polar surface area (TPSA) is 52.6 Å². The fourth-order valence-corrected chi connectivity index (χ4v) is 3.09. The van der Waals surface area contributed by atoms with Crippen LogP contribution in [0.1, 0.15) is 15.9 Å². The van der Waals surface area contributed by atoms with Crippen LogP contribution in [0.15, 0.2) is 42.5 Å². The van der Waals surface area contributed by atoms with Crippen molar-refractivity contribution in [2.24, 2.45) is 0 Å². The van der Waals surface area contributed by atoms with Crippen molar-refractivity contribution >= 4 is 17.5 Å². The molecule has 0 atom stereocenters. The number of halogens is 2. The molecule has 2 aromatic rings. The van der Waals surface area contributed by atoms with Gasteiger partial charge < -0.3 is 15.1 Å². The Balaban J connectivity index is 1.50. The Kier molecular flexibility index (Phi) is 5.69. The summed E-state index contributed by atoms with van der Waals surface area (Å²) in [6.07, 6.45) is 0. The van der Waals surface area contributed by atoms with E-state index in [0.717, 1.165) is 17.8 Å². The van der Waals surface area contributed by atoms with Crippen LogP contribution >= 0.6 is 0 Å². The first kappa shape index (κ1) is 18.8. The minimum atomic E-state index is -0.834. The number of carbonyl (C=O) groups is 2. The van der Waals surface area contributed by atoms with Gasteiger partial charge in [0.2, 0.25) is 5.91 Å². The molecule has 2 amide bonds. The van der Waals surface area contributed by atoms with E-state index in [1.54, 1.807) is 4.90 Å². The number of piperazine rings is 1. The quantitative estimate of drug-likeness (QED) is 0.895. The molecular weight excluding hydrogens is 352 g/mol. The third-order valence-electron chi connectivity index (χ3n) is 4.52. The summed E-state index contributed by atoms with van der Waals surface area (Å²) in [5.74, 6) is -2.57. The Morgan fingerprint density at radius 2 is 1.67 bits per heavy atom. The lowest BCUT2D eigenvalue weighted by molar-refractivity contribution is -0.130. The van der Waals surface area contributed by atoms with Crippen molar-refractivity contribution in [2.45, 2.75) is 6.92 Å². The molecule has 0 saturated carbocycles. The molecule has 1 N–H and O–H groups in total. The Bertz CT molecular complexity index is 829. The number of nitrogens with one attached hydrogen (secondary N) is 1. The van der Waals surface area contributed by atoms with Crippen LogP contribution < -0.4 is 10.2 Å². The van der Waals surface area contributed by atoms with Gasteiger partial charge in [-0.1, -0.05) is 12.1 Å². The van der Waals surface area contributed by atoms with E-state index in [2.05, 4.69) is 16.3 Å². The third-order valence-corrected chi connectivity index (χ3v) is 4.52. The number of anilines is 1. The van der Waals surface area contributed by atoms with Gasteiger partial charge in [0, 0.05) is 43.5 Å². The number of hydrogen-bond donors (Lipinski definition) is 1. The zero-order chi connectivity index (χ0) is 19.4. The van der Waals surface area contributed by atoms with E-state index in [1.807, 2.05) is 25.1 Å². The van der Waals surface area contributed by atoms with Gasteiger partial charge in [0.15, 0.2) is 0 Å². The van der Waals surface area contributed by atoms with Crippen molar-refractivity contribution in [3.63, 3.8) is 0 Å². The minimum absolute atomic E-state index is 0.149. The van der Waals surface area contributed by atoms with E-state index in [4.69, 9.17) is 0 Å². The molecule has 1 heterocycles. The first-order chi connectivity index (χ1) is 12.9. The molecule has 1 aliphatic heterocycles. The third kappa shape index (κ3) is 4.81. The highest BCUT2D eigenvalue weighted by molar-refractivity contribution is 5.96. The molecule has 142 valence electrons. The molecular formula is C20H21F2N3O2. The summed E-state index contributed by atoms with van der Waals surface area (Å²) in [6.45, 7) is 4.35. The smallest absolute Gasteiger partial charge is 0.251 e. The van der Waals surface area contributed by atoms with Crippen molar-refractivity contribution < 1.29 is 18.4 Å². The van der Waals surface area contributed by atoms with E-state index in [9.17, 15) is 18.4 Å². The minimum Gasteiger partial charge on any atom is -0.368 e. The highest BCUT2D eigenvalue weighted by Crippen LogP contribution is 2.17. The van der Waals surface area contributed by atoms with E-state index in [-0.39, 0.29) is 18.0 Å². The maximum Gasteiger partial charge on any atom is 0.251 e. The zero-order valence-corrected chi connectivity index (χ0v) is 15.0. The molecule has 1 aliphatic rings. The molecule has 0 radical (unpaired) electrons. The number of amides is 2. The summed E-state index contributed by atoms with van der Waals surface area (Å²) in [6, 6.07) is 10.8. The van der Waals surface area contributed by atoms with Crippen LogP contribution in [0.3, 0.4) is 0 Å². The molecule has 1 saturated heterocycles. The lowest BCUT2D eigenvalue weighted by atomic mass is 10.2. The molecule has 1 fully saturated rings. The second-order valence-electron chi connectivity index (χ2n) is 6.55. The monoisotopic (exact) mass is 373 g/mol. The largest absolute Gasteiger partial charge is 0.368 e. The summed E-state index contributed by atoms with van der Waals surface area (Å²) < 4.78 is 26.4. The van der Waals surface area contributed by atoms with Gasteiger partial charge in [0.05, 0.1) is 6.54 Å². The lowest BCUT2D eigenvalue weighted by Crippen LogP contribution is -2.51. The molecule has 5 nitrogen and oxygen atoms in total. The summed E-state index contributed by atoms with van der Waals surface area (Å²) in [4.78, 5) is 28.2. The summed E-state index contributed by atoms with van der Waals surface area (Å²) >= 11 is 0. The SMILES string of the molecule is Cc1cccc(N2CCN(C(=O)CNC(=O)c3cc(F)cc(F)c3)CC2)c1. The summed E-state index contributed by atoms with van der Waals surface area (Å²) in [5.41, 5.74) is 2.16. The molecule has 0 bridgehead atoms. The average Bonchev–Trinajstić information content (AvgIpc) is 2.65. The standard InChI is InChI=1S/C20H21F2N3O2/c1-14-3-2-4-18(9-14)24-5-7-25(8-6-24)19(26)13-23-20(27)15-10-16(21)12-17(22)11-15/h2-4,9-12H,5-8,13H2,1H3,(H,23,27). The van der Waals surface area contributed by atoms with Crippen LogP contribution in [0, 0.1) is 18.6 Å². The number of rotatable bonds is 4. The number of carbonyl (C=O) groups excluding carboxylic acids is 2. The van der Waals surface area contributed by atoms with E-state index < -0.39 is 17.5 Å². The zero-order valence-electron chi connectivity index (χ0n) is 15.0. The Labute approximate surface area is 156 Å². The van der Waals surface area contributed by atoms with Gasteiger partial charge in [-0.2, -0.15) is 0 Å². The van der Waals surface area contributed by atoms with E-state index >= 15 is 0 Å². The average molecular weight is 373 g/mol. The van der Waals surface area contributed by atoms with Gasteiger partial charge in [-0.05, 0) is 36.8 Å². The van der Waals surface area contributed by atoms with Crippen LogP contribution in [-0.2, 0) is 4.79 Å². The molecule has 0 aliphatic carbocycles. The maximum atomic E-state index is 13.2.